The van der Waals surface area contributed by atoms with E-state index in [9.17, 15) is 0 Å². The van der Waals surface area contributed by atoms with Crippen LogP contribution in [0.1, 0.15) is 46.5 Å². The summed E-state index contributed by atoms with van der Waals surface area (Å²) in [7, 11) is 0. The lowest BCUT2D eigenvalue weighted by Crippen LogP contribution is -1.71. The van der Waals surface area contributed by atoms with E-state index in [-0.39, 0.29) is 0 Å². The molecular weight excluding hydrogens is 180 g/mol. The summed E-state index contributed by atoms with van der Waals surface area (Å²) < 4.78 is 0. The molecule has 0 saturated heterocycles. The van der Waals surface area contributed by atoms with Gasteiger partial charge in [-0.2, -0.15) is 0 Å². The third-order valence-corrected chi connectivity index (χ3v) is 2.01. The lowest BCUT2D eigenvalue weighted by Gasteiger charge is -1.91. The number of hydrogen-bond donors (Lipinski definition) is 0. The van der Waals surface area contributed by atoms with E-state index in [1.165, 1.54) is 31.3 Å². The van der Waals surface area contributed by atoms with Crippen LogP contribution in [0.4, 0.5) is 0 Å². The molecule has 0 unspecified atom stereocenters. The van der Waals surface area contributed by atoms with Crippen LogP contribution < -0.4 is 0 Å². The highest BCUT2D eigenvalue weighted by Gasteiger charge is 1.81. The number of allylic oxidation sites excluding steroid dienone is 7. The minimum atomic E-state index is 1.06. The molecule has 0 aromatic heterocycles. The Balaban J connectivity index is 3.70. The first-order valence-electron chi connectivity index (χ1n) is 5.83. The first-order valence-corrected chi connectivity index (χ1v) is 5.83. The number of unbranched alkanes of at least 4 members (excludes halogenated alkanes) is 3. The van der Waals surface area contributed by atoms with Crippen LogP contribution in [0, 0.1) is 0 Å². The summed E-state index contributed by atoms with van der Waals surface area (Å²) in [4.78, 5) is 0. The minimum absolute atomic E-state index is 1.06. The standard InChI is InChI=1S/C15H24/c1-5-6-7-8-9-10-11-12-15(4)13-14(2)3/h9-13H,4-8H2,1-3H3. The molecule has 15 heavy (non-hydrogen) atoms. The van der Waals surface area contributed by atoms with Crippen molar-refractivity contribution in [2.45, 2.75) is 46.5 Å². The van der Waals surface area contributed by atoms with E-state index >= 15 is 0 Å². The quantitative estimate of drug-likeness (QED) is 0.395. The predicted molar refractivity (Wildman–Crippen MR) is 71.0 cm³/mol. The lowest BCUT2D eigenvalue weighted by molar-refractivity contribution is 0.729. The molecule has 0 aliphatic carbocycles. The highest BCUT2D eigenvalue weighted by molar-refractivity contribution is 5.31. The average Bonchev–Trinajstić information content (AvgIpc) is 2.15. The van der Waals surface area contributed by atoms with Crippen LogP contribution in [0.2, 0.25) is 0 Å². The summed E-state index contributed by atoms with van der Waals surface area (Å²) in [6, 6.07) is 0. The molecule has 0 radical (unpaired) electrons. The van der Waals surface area contributed by atoms with Crippen molar-refractivity contribution >= 4 is 0 Å². The molecule has 0 rings (SSSR count). The average molecular weight is 204 g/mol. The highest BCUT2D eigenvalue weighted by atomic mass is 13.9. The zero-order chi connectivity index (χ0) is 11.5. The predicted octanol–water partition coefficient (Wildman–Crippen LogP) is 5.20. The molecule has 0 amide bonds. The second-order valence-electron chi connectivity index (χ2n) is 4.08. The molecule has 0 aromatic carbocycles. The fourth-order valence-electron chi connectivity index (χ4n) is 1.29. The Bertz CT molecular complexity index is 247. The summed E-state index contributed by atoms with van der Waals surface area (Å²) >= 11 is 0. The van der Waals surface area contributed by atoms with E-state index in [1.807, 2.05) is 6.08 Å². The first kappa shape index (κ1) is 14.0. The molecule has 0 atom stereocenters. The van der Waals surface area contributed by atoms with Crippen molar-refractivity contribution in [3.8, 4) is 0 Å². The molecule has 0 heteroatoms. The summed E-state index contributed by atoms with van der Waals surface area (Å²) in [5, 5.41) is 0. The van der Waals surface area contributed by atoms with Gasteiger partial charge in [0.1, 0.15) is 0 Å². The maximum atomic E-state index is 3.94. The van der Waals surface area contributed by atoms with Crippen molar-refractivity contribution < 1.29 is 0 Å². The molecule has 0 heterocycles. The van der Waals surface area contributed by atoms with Gasteiger partial charge in [0.25, 0.3) is 0 Å². The largest absolute Gasteiger partial charge is 0.0918 e. The van der Waals surface area contributed by atoms with E-state index in [0.29, 0.717) is 0 Å². The van der Waals surface area contributed by atoms with Crippen molar-refractivity contribution in [2.24, 2.45) is 0 Å². The van der Waals surface area contributed by atoms with Crippen molar-refractivity contribution in [1.82, 2.24) is 0 Å². The van der Waals surface area contributed by atoms with Crippen molar-refractivity contribution in [3.63, 3.8) is 0 Å². The summed E-state index contributed by atoms with van der Waals surface area (Å²) in [6.45, 7) is 10.3. The van der Waals surface area contributed by atoms with Gasteiger partial charge in [-0.25, -0.2) is 0 Å². The summed E-state index contributed by atoms with van der Waals surface area (Å²) in [6.07, 6.45) is 15.6. The van der Waals surface area contributed by atoms with Crippen molar-refractivity contribution in [3.05, 3.63) is 48.1 Å². The molecule has 84 valence electrons. The van der Waals surface area contributed by atoms with Crippen LogP contribution in [0.3, 0.4) is 0 Å². The third-order valence-electron chi connectivity index (χ3n) is 2.01. The Labute approximate surface area is 95.1 Å². The van der Waals surface area contributed by atoms with Gasteiger partial charge in [-0.15, -0.1) is 0 Å². The second-order valence-corrected chi connectivity index (χ2v) is 4.08. The summed E-state index contributed by atoms with van der Waals surface area (Å²) in [5.41, 5.74) is 2.35. The van der Waals surface area contributed by atoms with Gasteiger partial charge in [0.05, 0.1) is 0 Å². The fraction of sp³-hybridized carbons (Fsp3) is 0.467. The third kappa shape index (κ3) is 10.9. The number of hydrogen-bond acceptors (Lipinski definition) is 0. The molecule has 0 aliphatic heterocycles. The molecule has 0 spiro atoms. The Hall–Kier alpha value is -1.04. The van der Waals surface area contributed by atoms with Crippen LogP contribution in [0.15, 0.2) is 48.1 Å². The van der Waals surface area contributed by atoms with Crippen molar-refractivity contribution in [2.75, 3.05) is 0 Å². The smallest absolute Gasteiger partial charge is 0.0329 e. The van der Waals surface area contributed by atoms with Gasteiger partial charge in [0.15, 0.2) is 0 Å². The van der Waals surface area contributed by atoms with E-state index in [2.05, 4.69) is 51.7 Å². The Morgan fingerprint density at radius 1 is 1.13 bits per heavy atom. The van der Waals surface area contributed by atoms with E-state index in [1.54, 1.807) is 0 Å². The molecule has 0 bridgehead atoms. The second kappa shape index (κ2) is 9.51. The van der Waals surface area contributed by atoms with E-state index in [0.717, 1.165) is 5.57 Å². The van der Waals surface area contributed by atoms with E-state index < -0.39 is 0 Å². The zero-order valence-corrected chi connectivity index (χ0v) is 10.4. The monoisotopic (exact) mass is 204 g/mol. The van der Waals surface area contributed by atoms with Gasteiger partial charge in [0.2, 0.25) is 0 Å². The molecule has 0 nitrogen and oxygen atoms in total. The van der Waals surface area contributed by atoms with Crippen LogP contribution in [-0.4, -0.2) is 0 Å². The van der Waals surface area contributed by atoms with Gasteiger partial charge < -0.3 is 0 Å². The SMILES string of the molecule is C=C(C=CC=CCCCCC)C=C(C)C. The Morgan fingerprint density at radius 3 is 2.47 bits per heavy atom. The molecule has 0 aliphatic rings. The Morgan fingerprint density at radius 2 is 1.87 bits per heavy atom. The van der Waals surface area contributed by atoms with E-state index in [4.69, 9.17) is 0 Å². The maximum absolute atomic E-state index is 3.94. The van der Waals surface area contributed by atoms with Gasteiger partial charge in [-0.3, -0.25) is 0 Å². The minimum Gasteiger partial charge on any atom is -0.0918 e. The Kier molecular flexibility index (Phi) is 8.85. The maximum Gasteiger partial charge on any atom is -0.0329 e. The van der Waals surface area contributed by atoms with Gasteiger partial charge in [-0.1, -0.05) is 62.3 Å². The van der Waals surface area contributed by atoms with Crippen LogP contribution in [0.5, 0.6) is 0 Å². The molecular formula is C15H24. The highest BCUT2D eigenvalue weighted by Crippen LogP contribution is 2.02. The zero-order valence-electron chi connectivity index (χ0n) is 10.4. The molecule has 0 N–H and O–H groups in total. The topological polar surface area (TPSA) is 0 Å². The van der Waals surface area contributed by atoms with Crippen LogP contribution in [-0.2, 0) is 0 Å². The molecule has 0 saturated carbocycles. The van der Waals surface area contributed by atoms with Crippen molar-refractivity contribution in [1.29, 1.82) is 0 Å². The molecule has 0 fully saturated rings. The van der Waals surface area contributed by atoms with Gasteiger partial charge >= 0.3 is 0 Å². The number of rotatable bonds is 7. The van der Waals surface area contributed by atoms with Gasteiger partial charge in [-0.05, 0) is 32.3 Å². The summed E-state index contributed by atoms with van der Waals surface area (Å²) in [5.74, 6) is 0. The lowest BCUT2D eigenvalue weighted by atomic mass is 10.2. The fourth-order valence-corrected chi connectivity index (χ4v) is 1.29. The van der Waals surface area contributed by atoms with Gasteiger partial charge in [0, 0.05) is 0 Å². The van der Waals surface area contributed by atoms with Crippen LogP contribution >= 0.6 is 0 Å². The normalized spacial score (nSPS) is 11.1. The molecule has 0 aromatic rings. The first-order chi connectivity index (χ1) is 7.16. The van der Waals surface area contributed by atoms with Crippen LogP contribution in [0.25, 0.3) is 0 Å².